The van der Waals surface area contributed by atoms with Crippen LogP contribution in [0.3, 0.4) is 0 Å². The summed E-state index contributed by atoms with van der Waals surface area (Å²) in [4.78, 5) is 12.4. The molecule has 0 fully saturated rings. The first-order chi connectivity index (χ1) is 9.38. The van der Waals surface area contributed by atoms with Crippen LogP contribution in [0.5, 0.6) is 0 Å². The van der Waals surface area contributed by atoms with Crippen molar-refractivity contribution in [2.24, 2.45) is 0 Å². The zero-order chi connectivity index (χ0) is 14.8. The highest BCUT2D eigenvalue weighted by Gasteiger charge is 2.61. The van der Waals surface area contributed by atoms with Crippen LogP contribution in [0.1, 0.15) is 11.1 Å². The third kappa shape index (κ3) is 2.26. The summed E-state index contributed by atoms with van der Waals surface area (Å²) in [6.07, 6.45) is -2.33. The number of aromatic amines is 1. The Bertz CT molecular complexity index is 581. The fourth-order valence-corrected chi connectivity index (χ4v) is 2.27. The van der Waals surface area contributed by atoms with Crippen LogP contribution in [-0.2, 0) is 5.41 Å². The van der Waals surface area contributed by atoms with E-state index in [4.69, 9.17) is 0 Å². The molecule has 4 nitrogen and oxygen atoms in total. The molecule has 1 atom stereocenters. The third-order valence-electron chi connectivity index (χ3n) is 3.21. The van der Waals surface area contributed by atoms with Gasteiger partial charge in [-0.3, -0.25) is 10.1 Å². The van der Waals surface area contributed by atoms with Gasteiger partial charge in [-0.25, -0.2) is 0 Å². The van der Waals surface area contributed by atoms with Gasteiger partial charge < -0.3 is 4.98 Å². The van der Waals surface area contributed by atoms with Crippen LogP contribution in [0.4, 0.5) is 13.2 Å². The molecule has 0 bridgehead atoms. The van der Waals surface area contributed by atoms with Gasteiger partial charge in [-0.1, -0.05) is 30.3 Å². The minimum Gasteiger partial charge on any atom is -0.367 e. The Balaban J connectivity index is 2.72. The number of benzene rings is 1. The first-order valence-electron chi connectivity index (χ1n) is 5.75. The van der Waals surface area contributed by atoms with Crippen molar-refractivity contribution in [3.8, 4) is 0 Å². The molecule has 0 aliphatic heterocycles. The Morgan fingerprint density at radius 2 is 1.75 bits per heavy atom. The number of nitrogens with one attached hydrogen (secondary N) is 1. The molecule has 20 heavy (non-hydrogen) atoms. The molecule has 0 spiro atoms. The molecular weight excluding hydrogens is 273 g/mol. The molecule has 1 heterocycles. The average Bonchev–Trinajstić information content (AvgIpc) is 2.89. The van der Waals surface area contributed by atoms with Gasteiger partial charge in [0, 0.05) is 17.3 Å². The number of halogens is 3. The molecular formula is C13H11F3N2O2. The molecule has 2 aromatic rings. The Morgan fingerprint density at radius 1 is 1.10 bits per heavy atom. The standard InChI is InChI=1S/C13H11F3N2O2/c14-13(15,16)12(9-18(19)20,11-6-7-17-8-11)10-4-2-1-3-5-10/h1-8,17H,9H2/t12-/m1/s1. The van der Waals surface area contributed by atoms with Crippen molar-refractivity contribution in [1.29, 1.82) is 0 Å². The highest BCUT2D eigenvalue weighted by molar-refractivity contribution is 5.40. The Morgan fingerprint density at radius 3 is 2.20 bits per heavy atom. The van der Waals surface area contributed by atoms with Crippen LogP contribution < -0.4 is 0 Å². The highest BCUT2D eigenvalue weighted by atomic mass is 19.4. The predicted molar refractivity (Wildman–Crippen MR) is 65.9 cm³/mol. The second kappa shape index (κ2) is 4.99. The molecule has 2 rings (SSSR count). The van der Waals surface area contributed by atoms with Crippen LogP contribution in [0.25, 0.3) is 0 Å². The molecule has 0 radical (unpaired) electrons. The molecule has 1 aromatic heterocycles. The average molecular weight is 284 g/mol. The van der Waals surface area contributed by atoms with Crippen molar-refractivity contribution in [2.45, 2.75) is 11.6 Å². The fraction of sp³-hybridized carbons (Fsp3) is 0.231. The number of alkyl halides is 3. The number of H-pyrrole nitrogens is 1. The zero-order valence-electron chi connectivity index (χ0n) is 10.2. The molecule has 0 aliphatic carbocycles. The summed E-state index contributed by atoms with van der Waals surface area (Å²) in [5, 5.41) is 10.8. The van der Waals surface area contributed by atoms with Crippen molar-refractivity contribution >= 4 is 0 Å². The molecule has 0 saturated carbocycles. The smallest absolute Gasteiger partial charge is 0.367 e. The highest BCUT2D eigenvalue weighted by Crippen LogP contribution is 2.46. The number of hydrogen-bond acceptors (Lipinski definition) is 2. The molecule has 0 amide bonds. The lowest BCUT2D eigenvalue weighted by molar-refractivity contribution is -0.498. The summed E-state index contributed by atoms with van der Waals surface area (Å²) in [5.41, 5.74) is -2.98. The number of aromatic nitrogens is 1. The quantitative estimate of drug-likeness (QED) is 0.692. The van der Waals surface area contributed by atoms with Crippen molar-refractivity contribution in [3.05, 3.63) is 70.0 Å². The lowest BCUT2D eigenvalue weighted by atomic mass is 9.74. The summed E-state index contributed by atoms with van der Waals surface area (Å²) in [6.45, 7) is -1.25. The molecule has 0 saturated heterocycles. The Hall–Kier alpha value is -2.31. The first-order valence-corrected chi connectivity index (χ1v) is 5.75. The van der Waals surface area contributed by atoms with Crippen LogP contribution in [0, 0.1) is 10.1 Å². The van der Waals surface area contributed by atoms with Gasteiger partial charge in [0.1, 0.15) is 0 Å². The maximum absolute atomic E-state index is 13.7. The molecule has 1 N–H and O–H groups in total. The van der Waals surface area contributed by atoms with Crippen LogP contribution in [0.15, 0.2) is 48.8 Å². The maximum atomic E-state index is 13.7. The second-order valence-corrected chi connectivity index (χ2v) is 4.36. The summed E-state index contributed by atoms with van der Waals surface area (Å²) in [6, 6.07) is 8.15. The van der Waals surface area contributed by atoms with E-state index >= 15 is 0 Å². The van der Waals surface area contributed by atoms with Gasteiger partial charge in [0.05, 0.1) is 0 Å². The summed E-state index contributed by atoms with van der Waals surface area (Å²) in [5.74, 6) is 0. The van der Waals surface area contributed by atoms with E-state index in [1.54, 1.807) is 6.07 Å². The van der Waals surface area contributed by atoms with Crippen molar-refractivity contribution in [3.63, 3.8) is 0 Å². The van der Waals surface area contributed by atoms with E-state index in [0.717, 1.165) is 6.20 Å². The van der Waals surface area contributed by atoms with Gasteiger partial charge in [0.15, 0.2) is 5.41 Å². The molecule has 1 aromatic carbocycles. The van der Waals surface area contributed by atoms with E-state index < -0.39 is 23.1 Å². The maximum Gasteiger partial charge on any atom is 0.408 e. The van der Waals surface area contributed by atoms with Crippen LogP contribution in [-0.4, -0.2) is 22.6 Å². The molecule has 0 aliphatic rings. The summed E-state index contributed by atoms with van der Waals surface area (Å²) >= 11 is 0. The van der Waals surface area contributed by atoms with E-state index in [-0.39, 0.29) is 11.1 Å². The predicted octanol–water partition coefficient (Wildman–Crippen LogP) is 3.14. The summed E-state index contributed by atoms with van der Waals surface area (Å²) < 4.78 is 41.0. The lowest BCUT2D eigenvalue weighted by Crippen LogP contribution is -2.48. The SMILES string of the molecule is O=[N+]([O-])C[C@@](c1ccccc1)(c1cc[nH]c1)C(F)(F)F. The number of nitrogens with zero attached hydrogens (tertiary/aromatic N) is 1. The zero-order valence-corrected chi connectivity index (χ0v) is 10.2. The largest absolute Gasteiger partial charge is 0.408 e. The normalized spacial score (nSPS) is 14.8. The van der Waals surface area contributed by atoms with E-state index in [1.807, 2.05) is 0 Å². The number of rotatable bonds is 4. The van der Waals surface area contributed by atoms with Gasteiger partial charge >= 0.3 is 6.18 Å². The second-order valence-electron chi connectivity index (χ2n) is 4.36. The van der Waals surface area contributed by atoms with Crippen molar-refractivity contribution in [1.82, 2.24) is 4.98 Å². The Labute approximate surface area is 112 Å². The van der Waals surface area contributed by atoms with E-state index in [1.165, 1.54) is 36.5 Å². The van der Waals surface area contributed by atoms with E-state index in [0.29, 0.717) is 0 Å². The lowest BCUT2D eigenvalue weighted by Gasteiger charge is -2.32. The van der Waals surface area contributed by atoms with Gasteiger partial charge in [0.2, 0.25) is 6.54 Å². The Kier molecular flexibility index (Phi) is 3.52. The van der Waals surface area contributed by atoms with E-state index in [9.17, 15) is 23.3 Å². The first kappa shape index (κ1) is 14.1. The van der Waals surface area contributed by atoms with Crippen LogP contribution in [0.2, 0.25) is 0 Å². The van der Waals surface area contributed by atoms with Crippen molar-refractivity contribution < 1.29 is 18.1 Å². The molecule has 7 heteroatoms. The summed E-state index contributed by atoms with van der Waals surface area (Å²) in [7, 11) is 0. The molecule has 0 unspecified atom stereocenters. The van der Waals surface area contributed by atoms with Crippen molar-refractivity contribution in [2.75, 3.05) is 6.54 Å². The monoisotopic (exact) mass is 284 g/mol. The third-order valence-corrected chi connectivity index (χ3v) is 3.21. The van der Waals surface area contributed by atoms with Crippen LogP contribution >= 0.6 is 0 Å². The topological polar surface area (TPSA) is 58.9 Å². The van der Waals surface area contributed by atoms with Gasteiger partial charge in [-0.05, 0) is 17.2 Å². The number of hydrogen-bond donors (Lipinski definition) is 1. The van der Waals surface area contributed by atoms with Gasteiger partial charge in [-0.15, -0.1) is 0 Å². The fourth-order valence-electron chi connectivity index (χ4n) is 2.27. The van der Waals surface area contributed by atoms with Gasteiger partial charge in [0.25, 0.3) is 0 Å². The minimum atomic E-state index is -4.79. The number of nitro groups is 1. The van der Waals surface area contributed by atoms with E-state index in [2.05, 4.69) is 4.98 Å². The van der Waals surface area contributed by atoms with Gasteiger partial charge in [-0.2, -0.15) is 13.2 Å². The molecule has 106 valence electrons. The minimum absolute atomic E-state index is 0.149.